The van der Waals surface area contributed by atoms with Gasteiger partial charge in [0.25, 0.3) is 10.0 Å². The molecular weight excluding hydrogens is 510 g/mol. The first-order chi connectivity index (χ1) is 17.6. The second-order valence-electron chi connectivity index (χ2n) is 8.73. The monoisotopic (exact) mass is 541 g/mol. The predicted molar refractivity (Wildman–Crippen MR) is 147 cm³/mol. The molecule has 9 heteroatoms. The fourth-order valence-electron chi connectivity index (χ4n) is 3.84. The Kier molecular flexibility index (Phi) is 9.72. The number of amides is 2. The van der Waals surface area contributed by atoms with Crippen LogP contribution in [0.15, 0.2) is 83.8 Å². The Morgan fingerprint density at radius 1 is 0.973 bits per heavy atom. The Morgan fingerprint density at radius 2 is 1.59 bits per heavy atom. The van der Waals surface area contributed by atoms with Crippen LogP contribution in [0.2, 0.25) is 5.02 Å². The summed E-state index contributed by atoms with van der Waals surface area (Å²) in [5, 5.41) is 3.17. The molecule has 0 spiro atoms. The van der Waals surface area contributed by atoms with Crippen LogP contribution < -0.4 is 9.62 Å². The van der Waals surface area contributed by atoms with Gasteiger partial charge in [-0.3, -0.25) is 13.9 Å². The molecule has 196 valence electrons. The molecule has 0 fully saturated rings. The number of hydrogen-bond acceptors (Lipinski definition) is 4. The Balaban J connectivity index is 2.04. The molecule has 1 unspecified atom stereocenters. The van der Waals surface area contributed by atoms with E-state index in [1.165, 1.54) is 23.1 Å². The van der Waals surface area contributed by atoms with Gasteiger partial charge in [-0.1, -0.05) is 73.1 Å². The van der Waals surface area contributed by atoms with E-state index in [4.69, 9.17) is 11.6 Å². The van der Waals surface area contributed by atoms with Gasteiger partial charge in [-0.2, -0.15) is 0 Å². The number of anilines is 1. The van der Waals surface area contributed by atoms with E-state index in [2.05, 4.69) is 5.32 Å². The lowest BCUT2D eigenvalue weighted by molar-refractivity contribution is -0.139. The van der Waals surface area contributed by atoms with Crippen LogP contribution in [0.25, 0.3) is 0 Å². The van der Waals surface area contributed by atoms with Crippen LogP contribution in [-0.4, -0.2) is 44.3 Å². The molecule has 0 aliphatic heterocycles. The minimum Gasteiger partial charge on any atom is -0.354 e. The topological polar surface area (TPSA) is 86.8 Å². The Labute approximate surface area is 224 Å². The van der Waals surface area contributed by atoms with Crippen molar-refractivity contribution in [3.63, 3.8) is 0 Å². The van der Waals surface area contributed by atoms with Gasteiger partial charge >= 0.3 is 0 Å². The Hall–Kier alpha value is -3.36. The van der Waals surface area contributed by atoms with E-state index in [0.717, 1.165) is 16.3 Å². The molecule has 0 saturated heterocycles. The lowest BCUT2D eigenvalue weighted by Crippen LogP contribution is -2.51. The van der Waals surface area contributed by atoms with Crippen molar-refractivity contribution >= 4 is 39.1 Å². The number of nitrogens with zero attached hydrogens (tertiary/aromatic N) is 2. The van der Waals surface area contributed by atoms with Crippen LogP contribution in [0.5, 0.6) is 0 Å². The first-order valence-corrected chi connectivity index (χ1v) is 13.9. The average molecular weight is 542 g/mol. The van der Waals surface area contributed by atoms with Gasteiger partial charge < -0.3 is 10.2 Å². The van der Waals surface area contributed by atoms with Crippen LogP contribution in [0, 0.1) is 6.92 Å². The molecule has 1 atom stereocenters. The minimum absolute atomic E-state index is 0.0468. The van der Waals surface area contributed by atoms with Gasteiger partial charge in [-0.25, -0.2) is 8.42 Å². The lowest BCUT2D eigenvalue weighted by atomic mass is 10.1. The Morgan fingerprint density at radius 3 is 2.22 bits per heavy atom. The molecule has 7 nitrogen and oxygen atoms in total. The maximum absolute atomic E-state index is 13.8. The number of halogens is 1. The summed E-state index contributed by atoms with van der Waals surface area (Å²) in [5.41, 5.74) is 1.76. The summed E-state index contributed by atoms with van der Waals surface area (Å²) >= 11 is 6.23. The summed E-state index contributed by atoms with van der Waals surface area (Å²) in [6.07, 6.45) is 0.752. The SMILES string of the molecule is CCCNC(=O)C(C)N(Cc1ccccc1)C(=O)CN(c1cc(Cl)ccc1C)S(=O)(=O)c1ccccc1. The molecule has 0 heterocycles. The van der Waals surface area contributed by atoms with E-state index >= 15 is 0 Å². The van der Waals surface area contributed by atoms with Crippen molar-refractivity contribution in [3.8, 4) is 0 Å². The molecule has 1 N–H and O–H groups in total. The van der Waals surface area contributed by atoms with Gasteiger partial charge in [0.05, 0.1) is 10.6 Å². The van der Waals surface area contributed by atoms with Gasteiger partial charge in [0.15, 0.2) is 0 Å². The average Bonchev–Trinajstić information content (AvgIpc) is 2.91. The molecule has 3 aromatic rings. The molecule has 2 amide bonds. The van der Waals surface area contributed by atoms with Crippen LogP contribution in [0.3, 0.4) is 0 Å². The largest absolute Gasteiger partial charge is 0.354 e. The van der Waals surface area contributed by atoms with Crippen molar-refractivity contribution in [2.75, 3.05) is 17.4 Å². The van der Waals surface area contributed by atoms with Crippen LogP contribution in [0.4, 0.5) is 5.69 Å². The lowest BCUT2D eigenvalue weighted by Gasteiger charge is -2.32. The van der Waals surface area contributed by atoms with Crippen LogP contribution >= 0.6 is 11.6 Å². The maximum Gasteiger partial charge on any atom is 0.264 e. The summed E-state index contributed by atoms with van der Waals surface area (Å²) < 4.78 is 28.7. The van der Waals surface area contributed by atoms with Crippen molar-refractivity contribution < 1.29 is 18.0 Å². The zero-order chi connectivity index (χ0) is 27.0. The first-order valence-electron chi connectivity index (χ1n) is 12.1. The fourth-order valence-corrected chi connectivity index (χ4v) is 5.50. The van der Waals surface area contributed by atoms with Gasteiger partial charge in [0, 0.05) is 18.1 Å². The smallest absolute Gasteiger partial charge is 0.264 e. The molecule has 0 aliphatic carbocycles. The number of benzene rings is 3. The van der Waals surface area contributed by atoms with Gasteiger partial charge in [-0.05, 0) is 55.7 Å². The van der Waals surface area contributed by atoms with E-state index in [1.54, 1.807) is 44.2 Å². The molecule has 0 saturated carbocycles. The van der Waals surface area contributed by atoms with Gasteiger partial charge in [0.1, 0.15) is 12.6 Å². The number of hydrogen-bond donors (Lipinski definition) is 1. The maximum atomic E-state index is 13.8. The van der Waals surface area contributed by atoms with Crippen molar-refractivity contribution in [1.29, 1.82) is 0 Å². The van der Waals surface area contributed by atoms with E-state index < -0.39 is 28.5 Å². The zero-order valence-corrected chi connectivity index (χ0v) is 22.8. The normalized spacial score (nSPS) is 12.0. The molecule has 3 rings (SSSR count). The van der Waals surface area contributed by atoms with Gasteiger partial charge in [-0.15, -0.1) is 0 Å². The minimum atomic E-state index is -4.13. The van der Waals surface area contributed by atoms with Crippen LogP contribution in [-0.2, 0) is 26.2 Å². The first kappa shape index (κ1) is 28.2. The number of rotatable bonds is 11. The molecule has 3 aromatic carbocycles. The Bertz CT molecular complexity index is 1320. The molecular formula is C28H32ClN3O4S. The number of sulfonamides is 1. The third-order valence-corrected chi connectivity index (χ3v) is 7.97. The number of carbonyl (C=O) groups is 2. The summed E-state index contributed by atoms with van der Waals surface area (Å²) in [7, 11) is -4.13. The van der Waals surface area contributed by atoms with E-state index in [-0.39, 0.29) is 17.3 Å². The summed E-state index contributed by atoms with van der Waals surface area (Å²) in [4.78, 5) is 28.1. The quantitative estimate of drug-likeness (QED) is 0.378. The highest BCUT2D eigenvalue weighted by Gasteiger charge is 2.33. The van der Waals surface area contributed by atoms with E-state index in [0.29, 0.717) is 22.8 Å². The van der Waals surface area contributed by atoms with Crippen molar-refractivity contribution in [2.45, 2.75) is 44.7 Å². The summed E-state index contributed by atoms with van der Waals surface area (Å²) in [6, 6.07) is 21.3. The number of nitrogens with one attached hydrogen (secondary N) is 1. The standard InChI is InChI=1S/C28H32ClN3O4S/c1-4-17-30-28(34)22(3)31(19-23-11-7-5-8-12-23)27(33)20-32(26-18-24(29)16-15-21(26)2)37(35,36)25-13-9-6-10-14-25/h5-16,18,22H,4,17,19-20H2,1-3H3,(H,30,34). The summed E-state index contributed by atoms with van der Waals surface area (Å²) in [5.74, 6) is -0.815. The highest BCUT2D eigenvalue weighted by atomic mass is 35.5. The third-order valence-electron chi connectivity index (χ3n) is 5.96. The molecule has 37 heavy (non-hydrogen) atoms. The van der Waals surface area contributed by atoms with Crippen molar-refractivity contribution in [3.05, 3.63) is 95.0 Å². The number of aryl methyl sites for hydroxylation is 1. The van der Waals surface area contributed by atoms with Gasteiger partial charge in [0.2, 0.25) is 11.8 Å². The van der Waals surface area contributed by atoms with Crippen molar-refractivity contribution in [2.24, 2.45) is 0 Å². The van der Waals surface area contributed by atoms with Crippen molar-refractivity contribution in [1.82, 2.24) is 10.2 Å². The predicted octanol–water partition coefficient (Wildman–Crippen LogP) is 4.79. The molecule has 0 bridgehead atoms. The molecule has 0 aromatic heterocycles. The molecule has 0 radical (unpaired) electrons. The fraction of sp³-hybridized carbons (Fsp3) is 0.286. The second-order valence-corrected chi connectivity index (χ2v) is 11.0. The number of carbonyl (C=O) groups excluding carboxylic acids is 2. The summed E-state index contributed by atoms with van der Waals surface area (Å²) in [6.45, 7) is 5.47. The van der Waals surface area contributed by atoms with E-state index in [9.17, 15) is 18.0 Å². The van der Waals surface area contributed by atoms with Crippen LogP contribution in [0.1, 0.15) is 31.4 Å². The highest BCUT2D eigenvalue weighted by molar-refractivity contribution is 7.92. The molecule has 0 aliphatic rings. The highest BCUT2D eigenvalue weighted by Crippen LogP contribution is 2.30. The second kappa shape index (κ2) is 12.7. The third kappa shape index (κ3) is 7.11. The van der Waals surface area contributed by atoms with E-state index in [1.807, 2.05) is 37.3 Å². The zero-order valence-electron chi connectivity index (χ0n) is 21.2.